The molecule has 5 heteroatoms. The fourth-order valence-electron chi connectivity index (χ4n) is 2.76. The molecule has 2 rings (SSSR count). The third kappa shape index (κ3) is 3.46. The Kier molecular flexibility index (Phi) is 4.70. The maximum absolute atomic E-state index is 13.7. The van der Waals surface area contributed by atoms with E-state index in [0.29, 0.717) is 23.0 Å². The largest absolute Gasteiger partial charge is 0.496 e. The maximum atomic E-state index is 13.7. The molecule has 0 aliphatic heterocycles. The van der Waals surface area contributed by atoms with Crippen LogP contribution in [0.15, 0.2) is 12.1 Å². The van der Waals surface area contributed by atoms with Gasteiger partial charge >= 0.3 is 5.97 Å². The van der Waals surface area contributed by atoms with Crippen LogP contribution in [0.3, 0.4) is 0 Å². The van der Waals surface area contributed by atoms with Gasteiger partial charge in [-0.3, -0.25) is 4.79 Å². The third-order valence-electron chi connectivity index (χ3n) is 4.00. The summed E-state index contributed by atoms with van der Waals surface area (Å²) in [6.45, 7) is 1.44. The van der Waals surface area contributed by atoms with Crippen molar-refractivity contribution in [2.24, 2.45) is 5.92 Å². The normalized spacial score (nSPS) is 17.1. The monoisotopic (exact) mass is 296 g/mol. The van der Waals surface area contributed by atoms with E-state index in [9.17, 15) is 9.18 Å². The van der Waals surface area contributed by atoms with Crippen LogP contribution in [-0.2, 0) is 4.79 Å². The Morgan fingerprint density at radius 2 is 1.81 bits per heavy atom. The van der Waals surface area contributed by atoms with Crippen LogP contribution in [0, 0.1) is 5.92 Å². The van der Waals surface area contributed by atoms with Crippen molar-refractivity contribution in [2.45, 2.75) is 38.3 Å². The summed E-state index contributed by atoms with van der Waals surface area (Å²) in [6, 6.07) is 3.35. The highest BCUT2D eigenvalue weighted by molar-refractivity contribution is 5.69. The molecular weight excluding hydrogens is 275 g/mol. The molecule has 1 aliphatic carbocycles. The van der Waals surface area contributed by atoms with Crippen molar-refractivity contribution in [1.29, 1.82) is 0 Å². The zero-order valence-corrected chi connectivity index (χ0v) is 12.6. The number of carboxylic acids is 1. The number of hydrogen-bond acceptors (Lipinski definition) is 3. The summed E-state index contributed by atoms with van der Waals surface area (Å²) in [6.07, 6.45) is 0.908. The van der Waals surface area contributed by atoms with Gasteiger partial charge in [0.05, 0.1) is 20.6 Å². The first-order valence-corrected chi connectivity index (χ1v) is 7.09. The van der Waals surface area contributed by atoms with Crippen LogP contribution in [0.1, 0.15) is 49.4 Å². The fourth-order valence-corrected chi connectivity index (χ4v) is 2.76. The first-order chi connectivity index (χ1) is 9.97. The molecule has 116 valence electrons. The maximum Gasteiger partial charge on any atom is 0.303 e. The van der Waals surface area contributed by atoms with E-state index in [0.717, 1.165) is 18.4 Å². The van der Waals surface area contributed by atoms with E-state index >= 15 is 0 Å². The van der Waals surface area contributed by atoms with Gasteiger partial charge in [0.15, 0.2) is 0 Å². The summed E-state index contributed by atoms with van der Waals surface area (Å²) >= 11 is 0. The first kappa shape index (κ1) is 15.6. The van der Waals surface area contributed by atoms with Crippen molar-refractivity contribution in [3.63, 3.8) is 0 Å². The molecule has 2 atom stereocenters. The second-order valence-corrected chi connectivity index (χ2v) is 5.49. The van der Waals surface area contributed by atoms with E-state index < -0.39 is 12.1 Å². The number of hydrogen-bond donors (Lipinski definition) is 1. The van der Waals surface area contributed by atoms with E-state index in [1.807, 2.05) is 0 Å². The Labute approximate surface area is 123 Å². The summed E-state index contributed by atoms with van der Waals surface area (Å²) < 4.78 is 24.3. The Morgan fingerprint density at radius 3 is 2.24 bits per heavy atom. The van der Waals surface area contributed by atoms with E-state index in [2.05, 4.69) is 0 Å². The van der Waals surface area contributed by atoms with Crippen LogP contribution >= 0.6 is 0 Å². The minimum atomic E-state index is -1.18. The molecule has 0 spiro atoms. The number of ether oxygens (including phenoxy) is 2. The van der Waals surface area contributed by atoms with Crippen LogP contribution in [0.5, 0.6) is 11.5 Å². The molecule has 1 saturated carbocycles. The van der Waals surface area contributed by atoms with Gasteiger partial charge in [-0.15, -0.1) is 0 Å². The molecule has 0 heterocycles. The summed E-state index contributed by atoms with van der Waals surface area (Å²) in [4.78, 5) is 11.1. The van der Waals surface area contributed by atoms with Gasteiger partial charge in [0.2, 0.25) is 0 Å². The molecule has 21 heavy (non-hydrogen) atoms. The van der Waals surface area contributed by atoms with Gasteiger partial charge in [-0.2, -0.15) is 0 Å². The minimum Gasteiger partial charge on any atom is -0.496 e. The van der Waals surface area contributed by atoms with E-state index in [1.165, 1.54) is 21.1 Å². The lowest BCUT2D eigenvalue weighted by molar-refractivity contribution is -0.137. The van der Waals surface area contributed by atoms with Crippen LogP contribution in [-0.4, -0.2) is 25.3 Å². The average Bonchev–Trinajstić information content (AvgIpc) is 3.27. The van der Waals surface area contributed by atoms with Gasteiger partial charge in [0.1, 0.15) is 17.7 Å². The fraction of sp³-hybridized carbons (Fsp3) is 0.562. The van der Waals surface area contributed by atoms with E-state index in [1.54, 1.807) is 12.1 Å². The predicted octanol–water partition coefficient (Wildman–Crippen LogP) is 3.70. The van der Waals surface area contributed by atoms with Crippen molar-refractivity contribution in [3.8, 4) is 11.5 Å². The summed E-state index contributed by atoms with van der Waals surface area (Å²) in [7, 11) is 3.00. The third-order valence-corrected chi connectivity index (χ3v) is 4.00. The Bertz CT molecular complexity index is 523. The minimum absolute atomic E-state index is 0.0503. The van der Waals surface area contributed by atoms with Crippen LogP contribution in [0.4, 0.5) is 4.39 Å². The van der Waals surface area contributed by atoms with Crippen molar-refractivity contribution >= 4 is 5.97 Å². The molecule has 0 bridgehead atoms. The highest BCUT2D eigenvalue weighted by atomic mass is 19.1. The molecule has 1 aromatic carbocycles. The molecule has 2 unspecified atom stereocenters. The van der Waals surface area contributed by atoms with Crippen LogP contribution in [0.25, 0.3) is 0 Å². The van der Waals surface area contributed by atoms with Crippen molar-refractivity contribution in [1.82, 2.24) is 0 Å². The molecule has 4 nitrogen and oxygen atoms in total. The standard InChI is InChI=1S/C16H21FO4/c1-9(17)11-6-15(21-3)13(7-14(11)20-2)12(8-16(18)19)10-4-5-10/h6-7,9-10,12H,4-5,8H2,1-3H3,(H,18,19). The van der Waals surface area contributed by atoms with Crippen LogP contribution in [0.2, 0.25) is 0 Å². The molecule has 0 amide bonds. The van der Waals surface area contributed by atoms with Crippen molar-refractivity contribution < 1.29 is 23.8 Å². The zero-order valence-electron chi connectivity index (χ0n) is 12.6. The Hall–Kier alpha value is -1.78. The predicted molar refractivity (Wildman–Crippen MR) is 76.8 cm³/mol. The molecule has 1 aromatic rings. The highest BCUT2D eigenvalue weighted by Gasteiger charge is 2.36. The molecule has 0 aromatic heterocycles. The number of carbonyl (C=O) groups is 1. The van der Waals surface area contributed by atoms with E-state index in [4.69, 9.17) is 14.6 Å². The van der Waals surface area contributed by atoms with Crippen LogP contribution < -0.4 is 9.47 Å². The summed E-state index contributed by atoms with van der Waals surface area (Å²) in [5.41, 5.74) is 1.21. The average molecular weight is 296 g/mol. The van der Waals surface area contributed by atoms with E-state index in [-0.39, 0.29) is 12.3 Å². The SMILES string of the molecule is COc1cc(C(CC(=O)O)C2CC2)c(OC)cc1C(C)F. The van der Waals surface area contributed by atoms with Gasteiger partial charge < -0.3 is 14.6 Å². The molecule has 0 radical (unpaired) electrons. The summed E-state index contributed by atoms with van der Waals surface area (Å²) in [5.74, 6) is 0.379. The van der Waals surface area contributed by atoms with Crippen molar-refractivity contribution in [2.75, 3.05) is 14.2 Å². The number of rotatable bonds is 7. The Balaban J connectivity index is 2.47. The summed E-state index contributed by atoms with van der Waals surface area (Å²) in [5, 5.41) is 9.12. The first-order valence-electron chi connectivity index (χ1n) is 7.09. The number of methoxy groups -OCH3 is 2. The zero-order chi connectivity index (χ0) is 15.6. The quantitative estimate of drug-likeness (QED) is 0.833. The lowest BCUT2D eigenvalue weighted by atomic mass is 9.89. The topological polar surface area (TPSA) is 55.8 Å². The smallest absolute Gasteiger partial charge is 0.303 e. The van der Waals surface area contributed by atoms with Gasteiger partial charge in [0, 0.05) is 17.0 Å². The molecule has 1 aliphatic rings. The second kappa shape index (κ2) is 6.33. The van der Waals surface area contributed by atoms with Crippen molar-refractivity contribution in [3.05, 3.63) is 23.3 Å². The number of aliphatic carboxylic acids is 1. The Morgan fingerprint density at radius 1 is 1.29 bits per heavy atom. The number of halogens is 1. The van der Waals surface area contributed by atoms with Gasteiger partial charge in [0.25, 0.3) is 0 Å². The molecule has 1 N–H and O–H groups in total. The number of benzene rings is 1. The lowest BCUT2D eigenvalue weighted by Gasteiger charge is -2.21. The number of alkyl halides is 1. The molecule has 0 saturated heterocycles. The van der Waals surface area contributed by atoms with Gasteiger partial charge in [-0.25, -0.2) is 4.39 Å². The highest BCUT2D eigenvalue weighted by Crippen LogP contribution is 2.48. The van der Waals surface area contributed by atoms with Gasteiger partial charge in [-0.1, -0.05) is 0 Å². The van der Waals surface area contributed by atoms with Gasteiger partial charge in [-0.05, 0) is 37.8 Å². The molecule has 1 fully saturated rings. The molecular formula is C16H21FO4. The lowest BCUT2D eigenvalue weighted by Crippen LogP contribution is -2.11. The number of carboxylic acid groups (broad SMARTS) is 1. The second-order valence-electron chi connectivity index (χ2n) is 5.49.